The third kappa shape index (κ3) is 15.9. The Morgan fingerprint density at radius 2 is 1.10 bits per heavy atom. The molecule has 0 amide bonds. The van der Waals surface area contributed by atoms with Gasteiger partial charge in [0.2, 0.25) is 0 Å². The lowest BCUT2D eigenvalue weighted by Gasteiger charge is -1.97. The number of hydrogen-bond acceptors (Lipinski definition) is 2. The SMILES string of the molecule is Br.Br.CNCCCCNC. The van der Waals surface area contributed by atoms with Gasteiger partial charge in [-0.25, -0.2) is 0 Å². The fourth-order valence-corrected chi connectivity index (χ4v) is 0.604. The van der Waals surface area contributed by atoms with E-state index in [2.05, 4.69) is 10.6 Å². The van der Waals surface area contributed by atoms with Crippen LogP contribution in [0.15, 0.2) is 0 Å². The predicted molar refractivity (Wildman–Crippen MR) is 57.7 cm³/mol. The van der Waals surface area contributed by atoms with Gasteiger partial charge in [-0.2, -0.15) is 0 Å². The minimum absolute atomic E-state index is 0. The molecule has 2 N–H and O–H groups in total. The molecule has 0 saturated heterocycles. The van der Waals surface area contributed by atoms with Crippen LogP contribution in [-0.4, -0.2) is 27.2 Å². The van der Waals surface area contributed by atoms with Gasteiger partial charge in [0.15, 0.2) is 0 Å². The molecule has 0 bridgehead atoms. The summed E-state index contributed by atoms with van der Waals surface area (Å²) in [5.41, 5.74) is 0. The van der Waals surface area contributed by atoms with Crippen molar-refractivity contribution in [2.75, 3.05) is 27.2 Å². The van der Waals surface area contributed by atoms with Crippen molar-refractivity contribution in [3.8, 4) is 0 Å². The zero-order valence-electron chi connectivity index (χ0n) is 6.64. The average molecular weight is 278 g/mol. The molecule has 10 heavy (non-hydrogen) atoms. The molecule has 0 radical (unpaired) electrons. The zero-order valence-corrected chi connectivity index (χ0v) is 10.1. The largest absolute Gasteiger partial charge is 0.320 e. The van der Waals surface area contributed by atoms with Gasteiger partial charge in [0, 0.05) is 0 Å². The molecule has 0 saturated carbocycles. The monoisotopic (exact) mass is 276 g/mol. The van der Waals surface area contributed by atoms with E-state index in [1.54, 1.807) is 0 Å². The van der Waals surface area contributed by atoms with Gasteiger partial charge in [-0.05, 0) is 40.0 Å². The van der Waals surface area contributed by atoms with Crippen LogP contribution in [0.3, 0.4) is 0 Å². The van der Waals surface area contributed by atoms with Gasteiger partial charge in [-0.15, -0.1) is 34.0 Å². The Morgan fingerprint density at radius 1 is 0.800 bits per heavy atom. The molecule has 0 aliphatic heterocycles. The van der Waals surface area contributed by atoms with E-state index in [1.165, 1.54) is 12.8 Å². The van der Waals surface area contributed by atoms with Crippen molar-refractivity contribution in [3.05, 3.63) is 0 Å². The number of halogens is 2. The Labute approximate surface area is 84.7 Å². The Hall–Kier alpha value is 0.880. The highest BCUT2D eigenvalue weighted by Crippen LogP contribution is 1.81. The molecule has 0 aromatic rings. The predicted octanol–water partition coefficient (Wildman–Crippen LogP) is 1.36. The van der Waals surface area contributed by atoms with Gasteiger partial charge in [0.1, 0.15) is 0 Å². The average Bonchev–Trinajstić information content (AvgIpc) is 1.81. The van der Waals surface area contributed by atoms with Crippen LogP contribution in [0.5, 0.6) is 0 Å². The molecular weight excluding hydrogens is 260 g/mol. The van der Waals surface area contributed by atoms with Crippen molar-refractivity contribution in [1.82, 2.24) is 10.6 Å². The summed E-state index contributed by atoms with van der Waals surface area (Å²) in [5, 5.41) is 6.20. The normalized spacial score (nSPS) is 7.80. The molecule has 0 aromatic heterocycles. The lowest BCUT2D eigenvalue weighted by molar-refractivity contribution is 0.644. The van der Waals surface area contributed by atoms with E-state index in [0.29, 0.717) is 0 Å². The van der Waals surface area contributed by atoms with Gasteiger partial charge >= 0.3 is 0 Å². The van der Waals surface area contributed by atoms with Crippen LogP contribution in [0.4, 0.5) is 0 Å². The summed E-state index contributed by atoms with van der Waals surface area (Å²) in [7, 11) is 3.97. The Balaban J connectivity index is -0.000000245. The highest BCUT2D eigenvalue weighted by molar-refractivity contribution is 8.93. The summed E-state index contributed by atoms with van der Waals surface area (Å²) < 4.78 is 0. The minimum Gasteiger partial charge on any atom is -0.320 e. The molecule has 2 nitrogen and oxygen atoms in total. The van der Waals surface area contributed by atoms with Crippen molar-refractivity contribution < 1.29 is 0 Å². The van der Waals surface area contributed by atoms with E-state index in [0.717, 1.165) is 13.1 Å². The van der Waals surface area contributed by atoms with E-state index < -0.39 is 0 Å². The van der Waals surface area contributed by atoms with Crippen molar-refractivity contribution >= 4 is 34.0 Å². The van der Waals surface area contributed by atoms with E-state index >= 15 is 0 Å². The topological polar surface area (TPSA) is 24.1 Å². The molecule has 0 spiro atoms. The Morgan fingerprint density at radius 3 is 1.30 bits per heavy atom. The van der Waals surface area contributed by atoms with Crippen molar-refractivity contribution in [1.29, 1.82) is 0 Å². The minimum atomic E-state index is 0. The molecule has 0 unspecified atom stereocenters. The highest BCUT2D eigenvalue weighted by Gasteiger charge is 1.81. The van der Waals surface area contributed by atoms with E-state index in [1.807, 2.05) is 14.1 Å². The second kappa shape index (κ2) is 16.5. The van der Waals surface area contributed by atoms with Gasteiger partial charge in [-0.1, -0.05) is 0 Å². The first kappa shape index (κ1) is 17.1. The van der Waals surface area contributed by atoms with Crippen LogP contribution >= 0.6 is 34.0 Å². The van der Waals surface area contributed by atoms with Crippen LogP contribution in [0, 0.1) is 0 Å². The van der Waals surface area contributed by atoms with Crippen molar-refractivity contribution in [2.45, 2.75) is 12.8 Å². The molecular formula is C6H18Br2N2. The molecule has 0 aliphatic carbocycles. The summed E-state index contributed by atoms with van der Waals surface area (Å²) >= 11 is 0. The second-order valence-electron chi connectivity index (χ2n) is 1.91. The third-order valence-electron chi connectivity index (χ3n) is 1.10. The van der Waals surface area contributed by atoms with E-state index in [-0.39, 0.29) is 34.0 Å². The molecule has 0 atom stereocenters. The third-order valence-corrected chi connectivity index (χ3v) is 1.10. The van der Waals surface area contributed by atoms with E-state index in [4.69, 9.17) is 0 Å². The maximum Gasteiger partial charge on any atom is -0.00515 e. The lowest BCUT2D eigenvalue weighted by Crippen LogP contribution is -2.12. The van der Waals surface area contributed by atoms with Crippen LogP contribution in [0.25, 0.3) is 0 Å². The summed E-state index contributed by atoms with van der Waals surface area (Å²) in [6.07, 6.45) is 2.55. The van der Waals surface area contributed by atoms with Crippen LogP contribution in [0.1, 0.15) is 12.8 Å². The zero-order chi connectivity index (χ0) is 6.24. The Bertz CT molecular complexity index is 38.7. The summed E-state index contributed by atoms with van der Waals surface area (Å²) in [6, 6.07) is 0. The summed E-state index contributed by atoms with van der Waals surface area (Å²) in [6.45, 7) is 2.28. The van der Waals surface area contributed by atoms with Gasteiger partial charge in [-0.3, -0.25) is 0 Å². The maximum atomic E-state index is 3.10. The maximum absolute atomic E-state index is 3.10. The van der Waals surface area contributed by atoms with Gasteiger partial charge in [0.05, 0.1) is 0 Å². The van der Waals surface area contributed by atoms with Crippen LogP contribution < -0.4 is 10.6 Å². The fourth-order valence-electron chi connectivity index (χ4n) is 0.604. The highest BCUT2D eigenvalue weighted by atomic mass is 79.9. The number of rotatable bonds is 5. The van der Waals surface area contributed by atoms with Gasteiger partial charge in [0.25, 0.3) is 0 Å². The smallest absolute Gasteiger partial charge is 0.00515 e. The van der Waals surface area contributed by atoms with E-state index in [9.17, 15) is 0 Å². The number of unbranched alkanes of at least 4 members (excludes halogenated alkanes) is 1. The second-order valence-corrected chi connectivity index (χ2v) is 1.91. The quantitative estimate of drug-likeness (QED) is 0.742. The number of hydrogen-bond donors (Lipinski definition) is 2. The Kier molecular flexibility index (Phi) is 28.2. The summed E-state index contributed by atoms with van der Waals surface area (Å²) in [5.74, 6) is 0. The molecule has 66 valence electrons. The summed E-state index contributed by atoms with van der Waals surface area (Å²) in [4.78, 5) is 0. The molecule has 0 rings (SSSR count). The first-order chi connectivity index (χ1) is 3.91. The fraction of sp³-hybridized carbons (Fsp3) is 1.00. The standard InChI is InChI=1S/C6H16N2.2BrH/c1-7-5-3-4-6-8-2;;/h7-8H,3-6H2,1-2H3;2*1H. The van der Waals surface area contributed by atoms with Crippen molar-refractivity contribution in [2.24, 2.45) is 0 Å². The molecule has 0 heterocycles. The molecule has 0 fully saturated rings. The van der Waals surface area contributed by atoms with Gasteiger partial charge < -0.3 is 10.6 Å². The number of nitrogens with one attached hydrogen (secondary N) is 2. The van der Waals surface area contributed by atoms with Crippen LogP contribution in [-0.2, 0) is 0 Å². The van der Waals surface area contributed by atoms with Crippen molar-refractivity contribution in [3.63, 3.8) is 0 Å². The molecule has 4 heteroatoms. The van der Waals surface area contributed by atoms with Crippen LogP contribution in [0.2, 0.25) is 0 Å². The first-order valence-corrected chi connectivity index (χ1v) is 3.21. The molecule has 0 aliphatic rings. The lowest BCUT2D eigenvalue weighted by atomic mass is 10.3. The molecule has 0 aromatic carbocycles. The first-order valence-electron chi connectivity index (χ1n) is 3.21.